The Hall–Kier alpha value is -0.433. The van der Waals surface area contributed by atoms with Gasteiger partial charge in [-0.15, -0.1) is 0 Å². The quantitative estimate of drug-likeness (QED) is 0.639. The van der Waals surface area contributed by atoms with Crippen LogP contribution in [-0.4, -0.2) is 50.8 Å². The van der Waals surface area contributed by atoms with E-state index < -0.39 is 14.4 Å². The lowest BCUT2D eigenvalue weighted by molar-refractivity contribution is -0.177. The van der Waals surface area contributed by atoms with Crippen molar-refractivity contribution in [3.05, 3.63) is 0 Å². The summed E-state index contributed by atoms with van der Waals surface area (Å²) in [5, 5.41) is 11.4. The van der Waals surface area contributed by atoms with Gasteiger partial charge in [0.25, 0.3) is 0 Å². The number of carbonyl (C=O) groups is 1. The number of hydrogen-bond donors (Lipinski definition) is 1. The second-order valence-corrected chi connectivity index (χ2v) is 12.3. The Bertz CT molecular complexity index is 367. The van der Waals surface area contributed by atoms with E-state index in [2.05, 4.69) is 33.9 Å². The van der Waals surface area contributed by atoms with Gasteiger partial charge in [-0.25, -0.2) is 5.06 Å². The maximum absolute atomic E-state index is 12.2. The van der Waals surface area contributed by atoms with Crippen molar-refractivity contribution in [1.29, 1.82) is 0 Å². The predicted octanol–water partition coefficient (Wildman–Crippen LogP) is 2.56. The Morgan fingerprint density at radius 2 is 1.81 bits per heavy atom. The molecular formula is C15H31NO4Si. The Morgan fingerprint density at radius 1 is 1.24 bits per heavy atom. The lowest BCUT2D eigenvalue weighted by atomic mass is 9.85. The van der Waals surface area contributed by atoms with Gasteiger partial charge in [0, 0.05) is 19.1 Å². The van der Waals surface area contributed by atoms with E-state index in [1.807, 2.05) is 0 Å². The van der Waals surface area contributed by atoms with Crippen molar-refractivity contribution in [2.24, 2.45) is 5.92 Å². The number of hydrogen-bond acceptors (Lipinski definition) is 4. The Labute approximate surface area is 129 Å². The molecule has 0 aromatic heterocycles. The van der Waals surface area contributed by atoms with Crippen LogP contribution in [0.2, 0.25) is 18.1 Å². The molecule has 0 spiro atoms. The largest absolute Gasteiger partial charge is 0.414 e. The molecule has 0 heterocycles. The summed E-state index contributed by atoms with van der Waals surface area (Å²) in [6.07, 6.45) is 1.24. The van der Waals surface area contributed by atoms with Gasteiger partial charge in [-0.1, -0.05) is 20.8 Å². The standard InChI is InChI=1S/C15H31NO4Si/c1-15(2,3)21(6,7)20-13-9-11(8-12(17)10-13)14(18)16(4)19-5/h11-13,17H,8-10H2,1-7H3/t11-,12+,13+/m0/s1. The van der Waals surface area contributed by atoms with Crippen LogP contribution in [0.15, 0.2) is 0 Å². The highest BCUT2D eigenvalue weighted by Crippen LogP contribution is 2.40. The molecular weight excluding hydrogens is 286 g/mol. The molecule has 0 aromatic rings. The van der Waals surface area contributed by atoms with E-state index in [1.165, 1.54) is 12.2 Å². The van der Waals surface area contributed by atoms with Crippen molar-refractivity contribution >= 4 is 14.2 Å². The molecule has 21 heavy (non-hydrogen) atoms. The van der Waals surface area contributed by atoms with Gasteiger partial charge in [0.2, 0.25) is 5.91 Å². The summed E-state index contributed by atoms with van der Waals surface area (Å²) in [6, 6.07) is 0. The highest BCUT2D eigenvalue weighted by molar-refractivity contribution is 6.74. The average molecular weight is 318 g/mol. The van der Waals surface area contributed by atoms with Gasteiger partial charge < -0.3 is 9.53 Å². The van der Waals surface area contributed by atoms with Crippen molar-refractivity contribution < 1.29 is 19.2 Å². The number of hydroxylamine groups is 2. The zero-order chi connectivity index (χ0) is 16.4. The molecule has 124 valence electrons. The van der Waals surface area contributed by atoms with E-state index in [9.17, 15) is 9.90 Å². The average Bonchev–Trinajstić information content (AvgIpc) is 2.34. The van der Waals surface area contributed by atoms with E-state index in [-0.39, 0.29) is 23.0 Å². The number of aliphatic hydroxyl groups is 1. The monoisotopic (exact) mass is 317 g/mol. The fraction of sp³-hybridized carbons (Fsp3) is 0.933. The summed E-state index contributed by atoms with van der Waals surface area (Å²) in [5.74, 6) is -0.312. The van der Waals surface area contributed by atoms with Gasteiger partial charge in [-0.3, -0.25) is 9.63 Å². The van der Waals surface area contributed by atoms with Crippen molar-refractivity contribution in [1.82, 2.24) is 5.06 Å². The van der Waals surface area contributed by atoms with E-state index in [4.69, 9.17) is 9.26 Å². The molecule has 3 atom stereocenters. The number of rotatable bonds is 4. The molecule has 0 bridgehead atoms. The van der Waals surface area contributed by atoms with E-state index in [1.54, 1.807) is 7.05 Å². The molecule has 0 aromatic carbocycles. The molecule has 1 rings (SSSR count). The molecule has 0 saturated heterocycles. The first-order valence-corrected chi connectivity index (χ1v) is 10.6. The molecule has 1 amide bonds. The first-order chi connectivity index (χ1) is 9.48. The predicted molar refractivity (Wildman–Crippen MR) is 85.2 cm³/mol. The molecule has 1 aliphatic carbocycles. The van der Waals surface area contributed by atoms with Crippen LogP contribution in [0.25, 0.3) is 0 Å². The summed E-state index contributed by atoms with van der Waals surface area (Å²) in [7, 11) is 1.19. The van der Waals surface area contributed by atoms with Crippen LogP contribution in [0, 0.1) is 5.92 Å². The summed E-state index contributed by atoms with van der Waals surface area (Å²) in [6.45, 7) is 11.0. The molecule has 1 saturated carbocycles. The van der Waals surface area contributed by atoms with Crippen molar-refractivity contribution in [3.63, 3.8) is 0 Å². The fourth-order valence-electron chi connectivity index (χ4n) is 2.48. The minimum Gasteiger partial charge on any atom is -0.414 e. The van der Waals surface area contributed by atoms with Crippen LogP contribution in [-0.2, 0) is 14.1 Å². The highest BCUT2D eigenvalue weighted by Gasteiger charge is 2.42. The molecule has 0 radical (unpaired) electrons. The summed E-state index contributed by atoms with van der Waals surface area (Å²) in [5.41, 5.74) is 0. The van der Waals surface area contributed by atoms with Crippen molar-refractivity contribution in [2.75, 3.05) is 14.2 Å². The van der Waals surface area contributed by atoms with Gasteiger partial charge >= 0.3 is 0 Å². The maximum atomic E-state index is 12.2. The number of aliphatic hydroxyl groups excluding tert-OH is 1. The van der Waals surface area contributed by atoms with Gasteiger partial charge in [0.15, 0.2) is 8.32 Å². The van der Waals surface area contributed by atoms with E-state index >= 15 is 0 Å². The first kappa shape index (κ1) is 18.6. The van der Waals surface area contributed by atoms with Gasteiger partial charge in [-0.05, 0) is 37.4 Å². The van der Waals surface area contributed by atoms with Gasteiger partial charge in [0.1, 0.15) is 0 Å². The Balaban J connectivity index is 2.75. The lowest BCUT2D eigenvalue weighted by Crippen LogP contribution is -2.48. The molecule has 6 heteroatoms. The minimum absolute atomic E-state index is 0.0474. The third kappa shape index (κ3) is 4.77. The van der Waals surface area contributed by atoms with Crippen LogP contribution in [0.3, 0.4) is 0 Å². The SMILES string of the molecule is CON(C)C(=O)[C@H]1C[C@@H](O)C[C@H](O[Si](C)(C)C(C)(C)C)C1. The van der Waals surface area contributed by atoms with E-state index in [0.717, 1.165) is 0 Å². The molecule has 0 aliphatic heterocycles. The minimum atomic E-state index is -1.89. The summed E-state index contributed by atoms with van der Waals surface area (Å²) < 4.78 is 6.37. The third-order valence-corrected chi connectivity index (χ3v) is 9.37. The van der Waals surface area contributed by atoms with Crippen molar-refractivity contribution in [3.8, 4) is 0 Å². The second kappa shape index (κ2) is 6.77. The zero-order valence-corrected chi connectivity index (χ0v) is 15.5. The van der Waals surface area contributed by atoms with Crippen LogP contribution in [0.5, 0.6) is 0 Å². The Morgan fingerprint density at radius 3 is 2.29 bits per heavy atom. The molecule has 1 aliphatic rings. The topological polar surface area (TPSA) is 59.0 Å². The third-order valence-electron chi connectivity index (χ3n) is 4.84. The highest BCUT2D eigenvalue weighted by atomic mass is 28.4. The lowest BCUT2D eigenvalue weighted by Gasteiger charge is -2.42. The number of carbonyl (C=O) groups excluding carboxylic acids is 1. The normalized spacial score (nSPS) is 27.5. The smallest absolute Gasteiger partial charge is 0.249 e. The maximum Gasteiger partial charge on any atom is 0.249 e. The molecule has 5 nitrogen and oxygen atoms in total. The van der Waals surface area contributed by atoms with Crippen LogP contribution >= 0.6 is 0 Å². The fourth-order valence-corrected chi connectivity index (χ4v) is 3.86. The Kier molecular flexibility index (Phi) is 6.00. The summed E-state index contributed by atoms with van der Waals surface area (Å²) >= 11 is 0. The van der Waals surface area contributed by atoms with Crippen LogP contribution in [0.1, 0.15) is 40.0 Å². The zero-order valence-electron chi connectivity index (χ0n) is 14.5. The molecule has 0 unspecified atom stereocenters. The summed E-state index contributed by atoms with van der Waals surface area (Å²) in [4.78, 5) is 17.2. The van der Waals surface area contributed by atoms with E-state index in [0.29, 0.717) is 19.3 Å². The van der Waals surface area contributed by atoms with Crippen LogP contribution in [0.4, 0.5) is 0 Å². The number of amides is 1. The molecule has 1 N–H and O–H groups in total. The molecule has 1 fully saturated rings. The van der Waals surface area contributed by atoms with Gasteiger partial charge in [-0.2, -0.15) is 0 Å². The first-order valence-electron chi connectivity index (χ1n) is 7.65. The van der Waals surface area contributed by atoms with Gasteiger partial charge in [0.05, 0.1) is 13.2 Å². The van der Waals surface area contributed by atoms with Crippen molar-refractivity contribution in [2.45, 2.75) is 70.4 Å². The van der Waals surface area contributed by atoms with Crippen LogP contribution < -0.4 is 0 Å². The second-order valence-electron chi connectivity index (χ2n) is 7.58. The number of nitrogens with zero attached hydrogens (tertiary/aromatic N) is 1.